The lowest BCUT2D eigenvalue weighted by molar-refractivity contribution is 0.0689. The first-order valence-electron chi connectivity index (χ1n) is 6.81. The second kappa shape index (κ2) is 5.76. The fourth-order valence-electron chi connectivity index (χ4n) is 2.38. The van der Waals surface area contributed by atoms with Crippen LogP contribution in [0.5, 0.6) is 5.75 Å². The normalized spacial score (nSPS) is 11.5. The molecule has 0 amide bonds. The van der Waals surface area contributed by atoms with Gasteiger partial charge < -0.3 is 9.84 Å². The van der Waals surface area contributed by atoms with Gasteiger partial charge in [0.05, 0.1) is 12.8 Å². The van der Waals surface area contributed by atoms with Crippen molar-refractivity contribution in [2.45, 2.75) is 26.2 Å². The third-order valence-electron chi connectivity index (χ3n) is 3.44. The van der Waals surface area contributed by atoms with Crippen LogP contribution < -0.4 is 4.74 Å². The average Bonchev–Trinajstić information content (AvgIpc) is 2.79. The zero-order valence-corrected chi connectivity index (χ0v) is 14.9. The Bertz CT molecular complexity index is 730. The largest absolute Gasteiger partial charge is 0.496 e. The maximum Gasteiger partial charge on any atom is 0.356 e. The van der Waals surface area contributed by atoms with Gasteiger partial charge in [0.15, 0.2) is 5.69 Å². The highest BCUT2D eigenvalue weighted by Crippen LogP contribution is 2.41. The Kier molecular flexibility index (Phi) is 4.33. The summed E-state index contributed by atoms with van der Waals surface area (Å²) in [5, 5.41) is 13.1. The summed E-state index contributed by atoms with van der Waals surface area (Å²) in [6, 6.07) is 5.49. The number of methoxy groups -OCH3 is 1. The zero-order valence-electron chi connectivity index (χ0n) is 13.3. The van der Waals surface area contributed by atoms with Crippen molar-refractivity contribution in [1.82, 2.24) is 9.78 Å². The van der Waals surface area contributed by atoms with Crippen molar-refractivity contribution >= 4 is 21.9 Å². The summed E-state index contributed by atoms with van der Waals surface area (Å²) < 4.78 is 8.09. The van der Waals surface area contributed by atoms with E-state index in [2.05, 4.69) is 41.8 Å². The Labute approximate surface area is 138 Å². The van der Waals surface area contributed by atoms with Crippen LogP contribution >= 0.6 is 15.9 Å². The van der Waals surface area contributed by atoms with Gasteiger partial charge in [0.1, 0.15) is 5.75 Å². The predicted molar refractivity (Wildman–Crippen MR) is 88.6 cm³/mol. The van der Waals surface area contributed by atoms with E-state index >= 15 is 0 Å². The number of aromatic carboxylic acids is 1. The van der Waals surface area contributed by atoms with Crippen LogP contribution in [0, 0.1) is 0 Å². The molecule has 6 heteroatoms. The maximum atomic E-state index is 11.1. The van der Waals surface area contributed by atoms with Crippen LogP contribution in [-0.4, -0.2) is 28.0 Å². The molecular formula is C16H19BrN2O3. The topological polar surface area (TPSA) is 64.3 Å². The van der Waals surface area contributed by atoms with Crippen molar-refractivity contribution in [2.75, 3.05) is 7.11 Å². The third-order valence-corrected chi connectivity index (χ3v) is 3.90. The standard InChI is InChI=1S/C16H19BrN2O3/c1-16(2,3)11-7-9(17)6-10(14(11)22-5)13-8-12(15(20)21)18-19(13)4/h6-8H,1-5H3,(H,20,21). The van der Waals surface area contributed by atoms with E-state index in [9.17, 15) is 4.79 Å². The number of rotatable bonds is 3. The minimum atomic E-state index is -1.05. The summed E-state index contributed by atoms with van der Waals surface area (Å²) in [5.74, 6) is -0.317. The molecule has 0 fully saturated rings. The van der Waals surface area contributed by atoms with Crippen LogP contribution in [0.4, 0.5) is 0 Å². The number of aromatic nitrogens is 2. The number of benzene rings is 1. The summed E-state index contributed by atoms with van der Waals surface area (Å²) >= 11 is 3.52. The van der Waals surface area contributed by atoms with Gasteiger partial charge in [-0.1, -0.05) is 36.7 Å². The molecule has 0 atom stereocenters. The van der Waals surface area contributed by atoms with Gasteiger partial charge in [-0.2, -0.15) is 5.10 Å². The zero-order chi connectivity index (χ0) is 16.7. The van der Waals surface area contributed by atoms with E-state index < -0.39 is 5.97 Å². The van der Waals surface area contributed by atoms with E-state index in [1.165, 1.54) is 0 Å². The number of carboxylic acids is 1. The molecule has 0 aliphatic heterocycles. The van der Waals surface area contributed by atoms with Gasteiger partial charge in [-0.3, -0.25) is 4.68 Å². The van der Waals surface area contributed by atoms with Crippen LogP contribution in [-0.2, 0) is 12.5 Å². The van der Waals surface area contributed by atoms with Crippen molar-refractivity contribution in [2.24, 2.45) is 7.05 Å². The molecule has 22 heavy (non-hydrogen) atoms. The third kappa shape index (κ3) is 3.02. The number of aryl methyl sites for hydroxylation is 1. The first kappa shape index (κ1) is 16.5. The number of carbonyl (C=O) groups is 1. The number of ether oxygens (including phenoxy) is 1. The van der Waals surface area contributed by atoms with Crippen LogP contribution in [0.2, 0.25) is 0 Å². The molecule has 2 aromatic rings. The van der Waals surface area contributed by atoms with E-state index in [4.69, 9.17) is 9.84 Å². The monoisotopic (exact) mass is 366 g/mol. The number of nitrogens with zero attached hydrogens (tertiary/aromatic N) is 2. The minimum Gasteiger partial charge on any atom is -0.496 e. The molecular weight excluding hydrogens is 348 g/mol. The highest BCUT2D eigenvalue weighted by molar-refractivity contribution is 9.10. The summed E-state index contributed by atoms with van der Waals surface area (Å²) in [6.07, 6.45) is 0. The Morgan fingerprint density at radius 2 is 1.95 bits per heavy atom. The quantitative estimate of drug-likeness (QED) is 0.895. The molecule has 0 unspecified atom stereocenters. The highest BCUT2D eigenvalue weighted by Gasteiger charge is 2.24. The van der Waals surface area contributed by atoms with Crippen LogP contribution in [0.25, 0.3) is 11.3 Å². The smallest absolute Gasteiger partial charge is 0.356 e. The molecule has 1 heterocycles. The second-order valence-electron chi connectivity index (χ2n) is 6.13. The fourth-order valence-corrected chi connectivity index (χ4v) is 2.84. The van der Waals surface area contributed by atoms with Gasteiger partial charge in [0.25, 0.3) is 0 Å². The Morgan fingerprint density at radius 3 is 2.41 bits per heavy atom. The van der Waals surface area contributed by atoms with Gasteiger partial charge in [0.2, 0.25) is 0 Å². The van der Waals surface area contributed by atoms with Crippen LogP contribution in [0.3, 0.4) is 0 Å². The van der Waals surface area contributed by atoms with E-state index in [-0.39, 0.29) is 11.1 Å². The molecule has 0 aliphatic carbocycles. The predicted octanol–water partition coefficient (Wildman–Crippen LogP) is 3.85. The van der Waals surface area contributed by atoms with E-state index in [0.29, 0.717) is 5.69 Å². The van der Waals surface area contributed by atoms with E-state index in [0.717, 1.165) is 21.3 Å². The second-order valence-corrected chi connectivity index (χ2v) is 7.04. The molecule has 118 valence electrons. The van der Waals surface area contributed by atoms with Gasteiger partial charge >= 0.3 is 5.97 Å². The SMILES string of the molecule is COc1c(-c2cc(C(=O)O)nn2C)cc(Br)cc1C(C)(C)C. The molecule has 0 radical (unpaired) electrons. The number of hydrogen-bond acceptors (Lipinski definition) is 3. The molecule has 0 saturated carbocycles. The molecule has 1 aromatic heterocycles. The first-order valence-corrected chi connectivity index (χ1v) is 7.60. The van der Waals surface area contributed by atoms with E-state index in [1.54, 1.807) is 24.9 Å². The molecule has 1 N–H and O–H groups in total. The molecule has 0 aliphatic rings. The summed E-state index contributed by atoms with van der Waals surface area (Å²) in [6.45, 7) is 6.31. The van der Waals surface area contributed by atoms with Crippen molar-refractivity contribution in [3.63, 3.8) is 0 Å². The first-order chi connectivity index (χ1) is 10.1. The average molecular weight is 367 g/mol. The number of halogens is 1. The Hall–Kier alpha value is -1.82. The van der Waals surface area contributed by atoms with Crippen LogP contribution in [0.1, 0.15) is 36.8 Å². The molecule has 0 bridgehead atoms. The molecule has 5 nitrogen and oxygen atoms in total. The number of hydrogen-bond donors (Lipinski definition) is 1. The van der Waals surface area contributed by atoms with E-state index in [1.807, 2.05) is 12.1 Å². The summed E-state index contributed by atoms with van der Waals surface area (Å²) in [5.41, 5.74) is 2.44. The van der Waals surface area contributed by atoms with Gasteiger partial charge in [-0.05, 0) is 23.6 Å². The summed E-state index contributed by atoms with van der Waals surface area (Å²) in [7, 11) is 3.34. The molecule has 0 saturated heterocycles. The fraction of sp³-hybridized carbons (Fsp3) is 0.375. The lowest BCUT2D eigenvalue weighted by Crippen LogP contribution is -2.13. The van der Waals surface area contributed by atoms with Crippen molar-refractivity contribution in [3.05, 3.63) is 33.9 Å². The van der Waals surface area contributed by atoms with Gasteiger partial charge in [0, 0.05) is 22.6 Å². The number of carboxylic acid groups (broad SMARTS) is 1. The van der Waals surface area contributed by atoms with Crippen molar-refractivity contribution in [3.8, 4) is 17.0 Å². The molecule has 2 rings (SSSR count). The Morgan fingerprint density at radius 1 is 1.32 bits per heavy atom. The van der Waals surface area contributed by atoms with Gasteiger partial charge in [-0.15, -0.1) is 0 Å². The van der Waals surface area contributed by atoms with Crippen molar-refractivity contribution in [1.29, 1.82) is 0 Å². The molecule has 0 spiro atoms. The minimum absolute atomic E-state index is 0.0110. The molecule has 1 aromatic carbocycles. The van der Waals surface area contributed by atoms with Crippen LogP contribution in [0.15, 0.2) is 22.7 Å². The lowest BCUT2D eigenvalue weighted by Gasteiger charge is -2.24. The Balaban J connectivity index is 2.75. The summed E-state index contributed by atoms with van der Waals surface area (Å²) in [4.78, 5) is 11.1. The highest BCUT2D eigenvalue weighted by atomic mass is 79.9. The maximum absolute atomic E-state index is 11.1. The lowest BCUT2D eigenvalue weighted by atomic mass is 9.85. The van der Waals surface area contributed by atoms with Gasteiger partial charge in [-0.25, -0.2) is 4.79 Å². The van der Waals surface area contributed by atoms with Crippen molar-refractivity contribution < 1.29 is 14.6 Å².